The number of esters is 2. The summed E-state index contributed by atoms with van der Waals surface area (Å²) in [6.45, 7) is 5.72. The van der Waals surface area contributed by atoms with E-state index in [0.717, 1.165) is 6.92 Å². The van der Waals surface area contributed by atoms with Crippen molar-refractivity contribution >= 4 is 19.5 Å². The first kappa shape index (κ1) is 13.8. The van der Waals surface area contributed by atoms with Crippen molar-refractivity contribution in [3.63, 3.8) is 0 Å². The van der Waals surface area contributed by atoms with Gasteiger partial charge in [0.05, 0.1) is 0 Å². The van der Waals surface area contributed by atoms with Gasteiger partial charge in [-0.25, -0.2) is 9.59 Å². The lowest BCUT2D eigenvalue weighted by molar-refractivity contribution is -0.153. The quantitative estimate of drug-likeness (QED) is 0.323. The highest BCUT2D eigenvalue weighted by molar-refractivity contribution is 7.55. The topological polar surface area (TPSA) is 101 Å². The van der Waals surface area contributed by atoms with Crippen LogP contribution in [0.5, 0.6) is 0 Å². The molecule has 2 N–H and O–H groups in total. The molecule has 0 heterocycles. The lowest BCUT2D eigenvalue weighted by Crippen LogP contribution is -2.13. The maximum Gasteiger partial charge on any atom is 0.349 e. The van der Waals surface area contributed by atoms with Crippen LogP contribution in [0.15, 0.2) is 23.5 Å². The highest BCUT2D eigenvalue weighted by Crippen LogP contribution is 2.37. The van der Waals surface area contributed by atoms with Gasteiger partial charge in [-0.15, -0.1) is 0 Å². The van der Waals surface area contributed by atoms with Gasteiger partial charge in [-0.3, -0.25) is 4.57 Å². The summed E-state index contributed by atoms with van der Waals surface area (Å²) >= 11 is 0. The fraction of sp³-hybridized carbons (Fsp3) is 0.250. The molecule has 0 aromatic heterocycles. The predicted molar refractivity (Wildman–Crippen MR) is 51.7 cm³/mol. The molecule has 0 spiro atoms. The highest BCUT2D eigenvalue weighted by Gasteiger charge is 2.17. The van der Waals surface area contributed by atoms with Crippen LogP contribution in [0.25, 0.3) is 0 Å². The Kier molecular flexibility index (Phi) is 4.61. The average molecular weight is 234 g/mol. The summed E-state index contributed by atoms with van der Waals surface area (Å²) < 4.78 is 14.7. The van der Waals surface area contributed by atoms with E-state index in [-0.39, 0.29) is 11.1 Å². The Labute approximate surface area is 86.4 Å². The minimum atomic E-state index is -4.44. The Morgan fingerprint density at radius 3 is 2.07 bits per heavy atom. The number of carbonyl (C=O) groups is 2. The Morgan fingerprint density at radius 2 is 1.73 bits per heavy atom. The van der Waals surface area contributed by atoms with Gasteiger partial charge >= 0.3 is 19.5 Å². The van der Waals surface area contributed by atoms with Crippen LogP contribution in [0.2, 0.25) is 0 Å². The molecule has 7 heteroatoms. The van der Waals surface area contributed by atoms with E-state index in [1.54, 1.807) is 0 Å². The first-order valence-electron chi connectivity index (χ1n) is 3.80. The molecule has 0 saturated heterocycles. The molecule has 6 nitrogen and oxygen atoms in total. The molecule has 0 bridgehead atoms. The molecule has 0 saturated carbocycles. The van der Waals surface area contributed by atoms with Crippen molar-refractivity contribution in [2.45, 2.75) is 13.8 Å². The molecule has 0 aliphatic carbocycles. The number of carbonyl (C=O) groups excluding carboxylic acids is 2. The molecule has 0 aliphatic heterocycles. The van der Waals surface area contributed by atoms with Crippen molar-refractivity contribution in [2.24, 2.45) is 0 Å². The average Bonchev–Trinajstić information content (AvgIpc) is 2.00. The minimum Gasteiger partial charge on any atom is -0.386 e. The second-order valence-electron chi connectivity index (χ2n) is 2.86. The van der Waals surface area contributed by atoms with Gasteiger partial charge in [-0.05, 0) is 13.8 Å². The molecule has 0 rings (SSSR count). The van der Waals surface area contributed by atoms with Crippen LogP contribution >= 0.6 is 7.60 Å². The van der Waals surface area contributed by atoms with E-state index in [4.69, 9.17) is 9.79 Å². The lowest BCUT2D eigenvalue weighted by Gasteiger charge is -2.02. The molecule has 0 radical (unpaired) electrons. The Bertz CT molecular complexity index is 375. The number of hydrogen-bond donors (Lipinski definition) is 2. The third-order valence-corrected chi connectivity index (χ3v) is 1.94. The van der Waals surface area contributed by atoms with E-state index in [1.807, 2.05) is 0 Å². The van der Waals surface area contributed by atoms with Gasteiger partial charge in [0.1, 0.15) is 0 Å². The van der Waals surface area contributed by atoms with E-state index in [0.29, 0.717) is 5.82 Å². The zero-order valence-corrected chi connectivity index (χ0v) is 9.15. The van der Waals surface area contributed by atoms with E-state index < -0.39 is 19.5 Å². The van der Waals surface area contributed by atoms with Gasteiger partial charge in [-0.2, -0.15) is 0 Å². The van der Waals surface area contributed by atoms with E-state index in [1.165, 1.54) is 6.92 Å². The third kappa shape index (κ3) is 5.96. The molecular weight excluding hydrogens is 223 g/mol. The van der Waals surface area contributed by atoms with Crippen molar-refractivity contribution in [1.82, 2.24) is 0 Å². The highest BCUT2D eigenvalue weighted by atomic mass is 31.2. The molecule has 0 aromatic carbocycles. The van der Waals surface area contributed by atoms with E-state index in [2.05, 4.69) is 11.3 Å². The fourth-order valence-electron chi connectivity index (χ4n) is 0.557. The van der Waals surface area contributed by atoms with Crippen LogP contribution in [0, 0.1) is 0 Å². The van der Waals surface area contributed by atoms with Gasteiger partial charge < -0.3 is 14.5 Å². The molecule has 84 valence electrons. The van der Waals surface area contributed by atoms with Crippen LogP contribution in [0.3, 0.4) is 0 Å². The van der Waals surface area contributed by atoms with E-state index in [9.17, 15) is 14.2 Å². The smallest absolute Gasteiger partial charge is 0.349 e. The summed E-state index contributed by atoms with van der Waals surface area (Å²) in [5, 5.41) is 0. The van der Waals surface area contributed by atoms with Crippen LogP contribution in [0.4, 0.5) is 0 Å². The Hall–Kier alpha value is -1.23. The number of hydrogen-bond acceptors (Lipinski definition) is 4. The largest absolute Gasteiger partial charge is 0.386 e. The summed E-state index contributed by atoms with van der Waals surface area (Å²) in [5.74, 6) is -1.61. The van der Waals surface area contributed by atoms with Crippen molar-refractivity contribution < 1.29 is 28.7 Å². The predicted octanol–water partition coefficient (Wildman–Crippen LogP) is 0.714. The first-order chi connectivity index (χ1) is 6.63. The van der Waals surface area contributed by atoms with Gasteiger partial charge in [0.2, 0.25) is 0 Å². The van der Waals surface area contributed by atoms with E-state index >= 15 is 0 Å². The summed E-state index contributed by atoms with van der Waals surface area (Å²) in [6, 6.07) is 0. The molecule has 0 unspecified atom stereocenters. The summed E-state index contributed by atoms with van der Waals surface area (Å²) in [5.41, 5.74) is -0.315. The number of rotatable bonds is 3. The Balaban J connectivity index is 4.62. The van der Waals surface area contributed by atoms with Crippen LogP contribution in [-0.2, 0) is 18.9 Å². The molecule has 15 heavy (non-hydrogen) atoms. The second-order valence-corrected chi connectivity index (χ2v) is 4.29. The minimum absolute atomic E-state index is 0.0207. The monoisotopic (exact) mass is 234 g/mol. The fourth-order valence-corrected chi connectivity index (χ4v) is 1.17. The zero-order chi connectivity index (χ0) is 12.2. The van der Waals surface area contributed by atoms with Crippen molar-refractivity contribution in [2.75, 3.05) is 0 Å². The molecule has 0 aromatic rings. The van der Waals surface area contributed by atoms with Crippen LogP contribution in [0.1, 0.15) is 13.8 Å². The molecule has 0 amide bonds. The maximum atomic E-state index is 11.0. The van der Waals surface area contributed by atoms with Gasteiger partial charge in [-0.1, -0.05) is 6.58 Å². The molecule has 0 aliphatic rings. The first-order valence-corrected chi connectivity index (χ1v) is 5.48. The van der Waals surface area contributed by atoms with Crippen LogP contribution < -0.4 is 0 Å². The van der Waals surface area contributed by atoms with Crippen molar-refractivity contribution in [1.29, 1.82) is 0 Å². The van der Waals surface area contributed by atoms with Crippen molar-refractivity contribution in [3.05, 3.63) is 23.5 Å². The zero-order valence-electron chi connectivity index (χ0n) is 8.26. The Morgan fingerprint density at radius 1 is 1.27 bits per heavy atom. The normalized spacial score (nSPS) is 12.1. The second kappa shape index (κ2) is 5.02. The lowest BCUT2D eigenvalue weighted by atomic mass is 10.3. The summed E-state index contributed by atoms with van der Waals surface area (Å²) in [7, 11) is -4.44. The third-order valence-electron chi connectivity index (χ3n) is 1.22. The number of ether oxygens (including phenoxy) is 1. The molecular formula is C8H11O6P. The standard InChI is InChI=1S/C8H11O6P/c1-5(2)7(9)14-8(10)6(3)4-15(11,12)13/h4H,1H2,2-3H3,(H2,11,12,13). The van der Waals surface area contributed by atoms with Crippen LogP contribution in [-0.4, -0.2) is 21.7 Å². The molecule has 0 atom stereocenters. The van der Waals surface area contributed by atoms with Gasteiger partial charge in [0.25, 0.3) is 0 Å². The van der Waals surface area contributed by atoms with Crippen molar-refractivity contribution in [3.8, 4) is 0 Å². The van der Waals surface area contributed by atoms with Gasteiger partial charge in [0.15, 0.2) is 0 Å². The SMILES string of the molecule is C=C(C)C(=O)OC(=O)C(C)=CP(=O)(O)O. The maximum absolute atomic E-state index is 11.0. The summed E-state index contributed by atoms with van der Waals surface area (Å²) in [6.07, 6.45) is 0. The summed E-state index contributed by atoms with van der Waals surface area (Å²) in [4.78, 5) is 38.9. The molecule has 0 fully saturated rings. The van der Waals surface area contributed by atoms with Gasteiger partial charge in [0, 0.05) is 17.0 Å².